The molecule has 9 heteroatoms. The smallest absolute Gasteiger partial charge is 0.225 e. The molecule has 0 spiro atoms. The van der Waals surface area contributed by atoms with E-state index in [0.717, 1.165) is 17.8 Å². The van der Waals surface area contributed by atoms with Crippen LogP contribution in [0.5, 0.6) is 0 Å². The summed E-state index contributed by atoms with van der Waals surface area (Å²) in [6.07, 6.45) is 0.0129. The highest BCUT2D eigenvalue weighted by atomic mass is 32.2. The predicted octanol–water partition coefficient (Wildman–Crippen LogP) is 3.06. The number of thioether (sulfide) groups is 1. The van der Waals surface area contributed by atoms with Gasteiger partial charge >= 0.3 is 0 Å². The van der Waals surface area contributed by atoms with Gasteiger partial charge in [0.2, 0.25) is 5.12 Å². The van der Waals surface area contributed by atoms with E-state index in [9.17, 15) is 14.7 Å². The third-order valence-corrected chi connectivity index (χ3v) is 10.3. The highest BCUT2D eigenvalue weighted by Crippen LogP contribution is 2.72. The minimum atomic E-state index is -2.24. The molecule has 2 N–H and O–H groups in total. The fourth-order valence-corrected chi connectivity index (χ4v) is 8.90. The van der Waals surface area contributed by atoms with Crippen LogP contribution in [-0.4, -0.2) is 68.9 Å². The molecule has 0 radical (unpaired) electrons. The number of hydrogen-bond donors (Lipinski definition) is 2. The van der Waals surface area contributed by atoms with E-state index < -0.39 is 63.9 Å². The summed E-state index contributed by atoms with van der Waals surface area (Å²) in [5, 5.41) is 20.1. The van der Waals surface area contributed by atoms with Crippen LogP contribution in [-0.2, 0) is 19.1 Å². The van der Waals surface area contributed by atoms with Crippen LogP contribution in [0.1, 0.15) is 47.0 Å². The molecule has 6 nitrogen and oxygen atoms in total. The van der Waals surface area contributed by atoms with E-state index in [1.165, 1.54) is 12.2 Å². The third kappa shape index (κ3) is 3.18. The first kappa shape index (κ1) is 26.1. The average molecular weight is 523 g/mol. The van der Waals surface area contributed by atoms with Gasteiger partial charge in [0.05, 0.1) is 18.0 Å². The van der Waals surface area contributed by atoms with Gasteiger partial charge in [-0.2, -0.15) is 0 Å². The zero-order chi connectivity index (χ0) is 26.3. The molecule has 36 heavy (non-hydrogen) atoms. The van der Waals surface area contributed by atoms with Crippen molar-refractivity contribution in [3.05, 3.63) is 23.8 Å². The molecule has 0 aromatic heterocycles. The summed E-state index contributed by atoms with van der Waals surface area (Å²) in [5.74, 6) is 2.46. The van der Waals surface area contributed by atoms with Gasteiger partial charge in [0.15, 0.2) is 22.8 Å². The molecule has 1 saturated heterocycles. The van der Waals surface area contributed by atoms with Gasteiger partial charge < -0.3 is 19.7 Å². The number of carbonyl (C=O) groups is 2. The zero-order valence-electron chi connectivity index (χ0n) is 20.8. The van der Waals surface area contributed by atoms with Gasteiger partial charge in [-0.25, -0.2) is 8.78 Å². The van der Waals surface area contributed by atoms with E-state index in [0.29, 0.717) is 0 Å². The van der Waals surface area contributed by atoms with Crippen molar-refractivity contribution in [1.82, 2.24) is 0 Å². The maximum Gasteiger partial charge on any atom is 0.225 e. The van der Waals surface area contributed by atoms with E-state index >= 15 is 8.78 Å². The van der Waals surface area contributed by atoms with Crippen molar-refractivity contribution in [1.29, 1.82) is 0 Å². The first-order valence-corrected chi connectivity index (χ1v) is 13.3. The van der Waals surface area contributed by atoms with Crippen molar-refractivity contribution in [2.24, 2.45) is 22.7 Å². The number of allylic oxidation sites excluding steroid dienone is 4. The number of aliphatic hydroxyl groups is 2. The number of aliphatic hydroxyl groups excluding tert-OH is 2. The molecule has 196 valence electrons. The average Bonchev–Trinajstić information content (AvgIpc) is 3.21. The van der Waals surface area contributed by atoms with Crippen molar-refractivity contribution in [3.63, 3.8) is 0 Å². The number of ether oxygens (including phenoxy) is 2. The standard InChI is InChI=1S/C27H32F2O6S/c1-23(2)34-21-13-16-17-12-19(28)18-11-15(31)7-8-24(18,3)26(17,29)20(32)14-25(16,4)27(21,35-23)22(33)36-10-6-5-9-30/h7-8,11,16-17,19-21,30,32H,9-10,12-14H2,1-4H3/t16-,17-,19-,20-,21+,24-,25-,26-,27-/m0/s1. The highest BCUT2D eigenvalue weighted by Gasteiger charge is 2.80. The maximum atomic E-state index is 17.3. The first-order valence-electron chi connectivity index (χ1n) is 12.3. The lowest BCUT2D eigenvalue weighted by atomic mass is 9.44. The molecule has 1 heterocycles. The fourth-order valence-electron chi connectivity index (χ4n) is 7.97. The number of alkyl halides is 2. The summed E-state index contributed by atoms with van der Waals surface area (Å²) >= 11 is 0.948. The molecular formula is C27H32F2O6S. The fraction of sp³-hybridized carbons (Fsp3) is 0.704. The Morgan fingerprint density at radius 2 is 1.94 bits per heavy atom. The Bertz CT molecular complexity index is 1130. The molecule has 0 aromatic rings. The number of carbonyl (C=O) groups excluding carboxylic acids is 2. The summed E-state index contributed by atoms with van der Waals surface area (Å²) in [6, 6.07) is 0. The van der Waals surface area contributed by atoms with Crippen molar-refractivity contribution in [3.8, 4) is 11.8 Å². The van der Waals surface area contributed by atoms with Gasteiger partial charge in [-0.1, -0.05) is 36.6 Å². The van der Waals surface area contributed by atoms with Gasteiger partial charge in [-0.05, 0) is 63.7 Å². The lowest BCUT2D eigenvalue weighted by Gasteiger charge is -2.63. The number of ketones is 1. The Hall–Kier alpha value is -1.57. The Kier molecular flexibility index (Phi) is 5.94. The maximum absolute atomic E-state index is 17.3. The molecule has 4 aliphatic carbocycles. The number of fused-ring (bicyclic) bond motifs is 7. The Morgan fingerprint density at radius 3 is 2.64 bits per heavy atom. The molecule has 0 amide bonds. The largest absolute Gasteiger partial charge is 0.390 e. The minimum Gasteiger partial charge on any atom is -0.390 e. The van der Waals surface area contributed by atoms with Gasteiger partial charge in [0.25, 0.3) is 0 Å². The molecular weight excluding hydrogens is 490 g/mol. The molecule has 4 fully saturated rings. The van der Waals surface area contributed by atoms with E-state index in [4.69, 9.17) is 14.6 Å². The summed E-state index contributed by atoms with van der Waals surface area (Å²) < 4.78 is 45.6. The lowest BCUT2D eigenvalue weighted by Crippen LogP contribution is -2.70. The summed E-state index contributed by atoms with van der Waals surface area (Å²) in [7, 11) is 0. The SMILES string of the molecule is CC1(C)O[C@@H]2C[C@H]3[C@@H]4C[C@H](F)C5=CC(=O)C=C[C@]5(C)[C@@]4(F)[C@@H](O)C[C@]3(C)[C@]2(C(=O)SCC#CCO)O1. The van der Waals surface area contributed by atoms with Crippen LogP contribution >= 0.6 is 11.8 Å². The predicted molar refractivity (Wildman–Crippen MR) is 129 cm³/mol. The molecule has 9 atom stereocenters. The molecule has 5 rings (SSSR count). The number of halogens is 2. The Balaban J connectivity index is 1.59. The molecule has 3 saturated carbocycles. The second-order valence-electron chi connectivity index (χ2n) is 11.5. The second-order valence-corrected chi connectivity index (χ2v) is 12.5. The number of hydrogen-bond acceptors (Lipinski definition) is 7. The molecule has 0 unspecified atom stereocenters. The van der Waals surface area contributed by atoms with Crippen molar-refractivity contribution in [2.75, 3.05) is 12.4 Å². The lowest BCUT2D eigenvalue weighted by molar-refractivity contribution is -0.246. The first-order chi connectivity index (χ1) is 16.8. The van der Waals surface area contributed by atoms with Crippen molar-refractivity contribution >= 4 is 22.7 Å². The van der Waals surface area contributed by atoms with Crippen LogP contribution in [0.25, 0.3) is 0 Å². The normalized spacial score (nSPS) is 48.2. The third-order valence-electron chi connectivity index (χ3n) is 9.40. The van der Waals surface area contributed by atoms with E-state index in [2.05, 4.69) is 11.8 Å². The van der Waals surface area contributed by atoms with E-state index in [1.807, 2.05) is 6.92 Å². The van der Waals surface area contributed by atoms with Gasteiger partial charge in [0, 0.05) is 16.7 Å². The summed E-state index contributed by atoms with van der Waals surface area (Å²) in [4.78, 5) is 25.8. The molecule has 0 bridgehead atoms. The van der Waals surface area contributed by atoms with Crippen LogP contribution in [0, 0.1) is 34.5 Å². The van der Waals surface area contributed by atoms with Gasteiger partial charge in [-0.15, -0.1) is 0 Å². The van der Waals surface area contributed by atoms with Gasteiger partial charge in [0.1, 0.15) is 12.8 Å². The number of rotatable bonds is 2. The van der Waals surface area contributed by atoms with Crippen LogP contribution in [0.2, 0.25) is 0 Å². The van der Waals surface area contributed by atoms with E-state index in [1.54, 1.807) is 20.8 Å². The van der Waals surface area contributed by atoms with Gasteiger partial charge in [-0.3, -0.25) is 9.59 Å². The zero-order valence-corrected chi connectivity index (χ0v) is 21.7. The highest BCUT2D eigenvalue weighted by molar-refractivity contribution is 8.14. The summed E-state index contributed by atoms with van der Waals surface area (Å²) in [6.45, 7) is 6.49. The Morgan fingerprint density at radius 1 is 1.22 bits per heavy atom. The van der Waals surface area contributed by atoms with Crippen LogP contribution in [0.3, 0.4) is 0 Å². The monoisotopic (exact) mass is 522 g/mol. The van der Waals surface area contributed by atoms with Crippen molar-refractivity contribution in [2.45, 2.75) is 82.4 Å². The molecule has 0 aromatic carbocycles. The molecule has 1 aliphatic heterocycles. The summed E-state index contributed by atoms with van der Waals surface area (Å²) in [5.41, 5.74) is -6.18. The quantitative estimate of drug-likeness (QED) is 0.539. The van der Waals surface area contributed by atoms with E-state index in [-0.39, 0.29) is 42.3 Å². The molecule has 5 aliphatic rings. The van der Waals surface area contributed by atoms with Crippen molar-refractivity contribution < 1.29 is 38.1 Å². The van der Waals surface area contributed by atoms with Crippen LogP contribution in [0.4, 0.5) is 8.78 Å². The van der Waals surface area contributed by atoms with Crippen LogP contribution < -0.4 is 0 Å². The topological polar surface area (TPSA) is 93.1 Å². The van der Waals surface area contributed by atoms with Crippen LogP contribution in [0.15, 0.2) is 23.8 Å². The Labute approximate surface area is 213 Å². The second kappa shape index (κ2) is 8.21. The minimum absolute atomic E-state index is 0.0621.